The first kappa shape index (κ1) is 19.3. The molecule has 4 rings (SSSR count). The number of thiophene rings is 1. The van der Waals surface area contributed by atoms with Crippen LogP contribution >= 0.6 is 11.3 Å². The first-order valence-electron chi connectivity index (χ1n) is 9.08. The molecule has 1 amide bonds. The minimum absolute atomic E-state index is 0.192. The third-order valence-electron chi connectivity index (χ3n) is 4.55. The first-order chi connectivity index (χ1) is 14.1. The number of carbonyl (C=O) groups is 1. The van der Waals surface area contributed by atoms with Gasteiger partial charge in [0.2, 0.25) is 0 Å². The van der Waals surface area contributed by atoms with Crippen LogP contribution in [0.2, 0.25) is 0 Å². The lowest BCUT2D eigenvalue weighted by atomic mass is 10.0. The van der Waals surface area contributed by atoms with E-state index in [4.69, 9.17) is 9.15 Å². The van der Waals surface area contributed by atoms with Gasteiger partial charge in [-0.15, -0.1) is 11.3 Å². The highest BCUT2D eigenvalue weighted by molar-refractivity contribution is 7.19. The van der Waals surface area contributed by atoms with Gasteiger partial charge >= 0.3 is 0 Å². The predicted octanol–water partition coefficient (Wildman–Crippen LogP) is 4.68. The highest BCUT2D eigenvalue weighted by Crippen LogP contribution is 2.43. The van der Waals surface area contributed by atoms with E-state index >= 15 is 0 Å². The van der Waals surface area contributed by atoms with Crippen LogP contribution in [0.25, 0.3) is 10.2 Å². The Kier molecular flexibility index (Phi) is 5.44. The molecule has 4 aromatic rings. The van der Waals surface area contributed by atoms with E-state index in [0.717, 1.165) is 27.0 Å². The smallest absolute Gasteiger partial charge is 0.291 e. The Morgan fingerprint density at radius 3 is 2.76 bits per heavy atom. The molecule has 148 valence electrons. The molecule has 0 fully saturated rings. The number of nitrogens with one attached hydrogen (secondary N) is 1. The van der Waals surface area contributed by atoms with E-state index in [2.05, 4.69) is 10.3 Å². The number of aromatic nitrogens is 1. The molecule has 2 N–H and O–H groups in total. The monoisotopic (exact) mass is 408 g/mol. The minimum atomic E-state index is -0.905. The summed E-state index contributed by atoms with van der Waals surface area (Å²) >= 11 is 1.36. The van der Waals surface area contributed by atoms with Crippen LogP contribution in [0.4, 0.5) is 5.69 Å². The van der Waals surface area contributed by atoms with Gasteiger partial charge in [-0.2, -0.15) is 0 Å². The second-order valence-corrected chi connectivity index (χ2v) is 7.65. The fraction of sp³-hybridized carbons (Fsp3) is 0.182. The SMILES string of the molecule is COCc1cc(C)nc2sc([C@@H](O)c3ccccc3)c(NC(=O)c3ccco3)c12. The third-order valence-corrected chi connectivity index (χ3v) is 5.68. The van der Waals surface area contributed by atoms with Crippen molar-refractivity contribution in [2.75, 3.05) is 12.4 Å². The van der Waals surface area contributed by atoms with Gasteiger partial charge < -0.3 is 19.6 Å². The van der Waals surface area contributed by atoms with Crippen LogP contribution < -0.4 is 5.32 Å². The van der Waals surface area contributed by atoms with E-state index in [1.807, 2.05) is 43.3 Å². The zero-order chi connectivity index (χ0) is 20.4. The van der Waals surface area contributed by atoms with E-state index in [1.165, 1.54) is 17.6 Å². The molecule has 1 atom stereocenters. The summed E-state index contributed by atoms with van der Waals surface area (Å²) in [5, 5.41) is 14.8. The standard InChI is InChI=1S/C22H20N2O4S/c1-13-11-15(12-27-2)17-18(24-21(26)16-9-6-10-28-16)20(29-22(17)23-13)19(25)14-7-4-3-5-8-14/h3-11,19,25H,12H2,1-2H3,(H,24,26)/t19-/m0/s1. The van der Waals surface area contributed by atoms with Crippen LogP contribution in [0.3, 0.4) is 0 Å². The topological polar surface area (TPSA) is 84.6 Å². The van der Waals surface area contributed by atoms with Crippen molar-refractivity contribution in [3.8, 4) is 0 Å². The lowest BCUT2D eigenvalue weighted by molar-refractivity contribution is 0.0996. The van der Waals surface area contributed by atoms with E-state index in [9.17, 15) is 9.90 Å². The Morgan fingerprint density at radius 2 is 2.07 bits per heavy atom. The lowest BCUT2D eigenvalue weighted by Crippen LogP contribution is -2.13. The number of rotatable bonds is 6. The number of benzene rings is 1. The van der Waals surface area contributed by atoms with Crippen molar-refractivity contribution in [2.24, 2.45) is 0 Å². The molecule has 0 bridgehead atoms. The Balaban J connectivity index is 1.89. The maximum Gasteiger partial charge on any atom is 0.291 e. The summed E-state index contributed by atoms with van der Waals surface area (Å²) in [5.41, 5.74) is 3.00. The van der Waals surface area contributed by atoms with Crippen LogP contribution in [-0.2, 0) is 11.3 Å². The van der Waals surface area contributed by atoms with E-state index in [-0.39, 0.29) is 11.7 Å². The van der Waals surface area contributed by atoms with Crippen molar-refractivity contribution < 1.29 is 19.1 Å². The van der Waals surface area contributed by atoms with Gasteiger partial charge in [-0.25, -0.2) is 4.98 Å². The van der Waals surface area contributed by atoms with Gasteiger partial charge in [0.15, 0.2) is 5.76 Å². The molecular formula is C22H20N2O4S. The fourth-order valence-electron chi connectivity index (χ4n) is 3.29. The number of furan rings is 1. The number of fused-ring (bicyclic) bond motifs is 1. The van der Waals surface area contributed by atoms with Gasteiger partial charge in [0.1, 0.15) is 10.9 Å². The molecule has 6 nitrogen and oxygen atoms in total. The molecule has 3 heterocycles. The van der Waals surface area contributed by atoms with Crippen molar-refractivity contribution in [1.29, 1.82) is 0 Å². The summed E-state index contributed by atoms with van der Waals surface area (Å²) in [7, 11) is 1.62. The molecule has 0 spiro atoms. The van der Waals surface area contributed by atoms with E-state index in [1.54, 1.807) is 19.2 Å². The van der Waals surface area contributed by atoms with Crippen LogP contribution in [-0.4, -0.2) is 23.1 Å². The average Bonchev–Trinajstić information content (AvgIpc) is 3.37. The van der Waals surface area contributed by atoms with Crippen LogP contribution in [0.15, 0.2) is 59.2 Å². The molecule has 0 saturated heterocycles. The highest BCUT2D eigenvalue weighted by atomic mass is 32.1. The molecular weight excluding hydrogens is 388 g/mol. The second-order valence-electron chi connectivity index (χ2n) is 6.62. The van der Waals surface area contributed by atoms with Crippen molar-refractivity contribution in [3.63, 3.8) is 0 Å². The lowest BCUT2D eigenvalue weighted by Gasteiger charge is -2.13. The number of nitrogens with zero attached hydrogens (tertiary/aromatic N) is 1. The summed E-state index contributed by atoms with van der Waals surface area (Å²) in [6.45, 7) is 2.27. The number of pyridine rings is 1. The molecule has 0 radical (unpaired) electrons. The number of aryl methyl sites for hydroxylation is 1. The summed E-state index contributed by atoms with van der Waals surface area (Å²) in [4.78, 5) is 18.7. The zero-order valence-electron chi connectivity index (χ0n) is 16.0. The third kappa shape index (κ3) is 3.80. The number of ether oxygens (including phenoxy) is 1. The summed E-state index contributed by atoms with van der Waals surface area (Å²) in [6.07, 6.45) is 0.541. The molecule has 0 unspecified atom stereocenters. The molecule has 0 aliphatic carbocycles. The highest BCUT2D eigenvalue weighted by Gasteiger charge is 2.25. The number of aliphatic hydroxyl groups excluding tert-OH is 1. The summed E-state index contributed by atoms with van der Waals surface area (Å²) < 4.78 is 10.6. The van der Waals surface area contributed by atoms with Crippen molar-refractivity contribution >= 4 is 33.1 Å². The Labute approximate surface area is 171 Å². The fourth-order valence-corrected chi connectivity index (χ4v) is 4.52. The molecule has 0 aliphatic heterocycles. The van der Waals surface area contributed by atoms with Crippen LogP contribution in [0.5, 0.6) is 0 Å². The molecule has 7 heteroatoms. The minimum Gasteiger partial charge on any atom is -0.459 e. The Morgan fingerprint density at radius 1 is 1.28 bits per heavy atom. The van der Waals surface area contributed by atoms with Gasteiger partial charge in [-0.1, -0.05) is 30.3 Å². The average molecular weight is 408 g/mol. The number of methoxy groups -OCH3 is 1. The largest absolute Gasteiger partial charge is 0.459 e. The first-order valence-corrected chi connectivity index (χ1v) is 9.90. The Bertz CT molecular complexity index is 1140. The van der Waals surface area contributed by atoms with Crippen molar-refractivity contribution in [1.82, 2.24) is 4.98 Å². The molecule has 0 aliphatic rings. The van der Waals surface area contributed by atoms with Gasteiger partial charge in [0.05, 0.1) is 23.4 Å². The van der Waals surface area contributed by atoms with Crippen LogP contribution in [0.1, 0.15) is 38.4 Å². The van der Waals surface area contributed by atoms with E-state index < -0.39 is 6.10 Å². The number of amides is 1. The van der Waals surface area contributed by atoms with Gasteiger partial charge in [0, 0.05) is 18.2 Å². The van der Waals surface area contributed by atoms with Gasteiger partial charge in [-0.05, 0) is 36.2 Å². The number of aliphatic hydroxyl groups is 1. The summed E-state index contributed by atoms with van der Waals surface area (Å²) in [5.74, 6) is -0.196. The maximum absolute atomic E-state index is 12.7. The number of hydrogen-bond acceptors (Lipinski definition) is 6. The molecule has 0 saturated carbocycles. The number of carbonyl (C=O) groups excluding carboxylic acids is 1. The number of anilines is 1. The number of hydrogen-bond donors (Lipinski definition) is 2. The van der Waals surface area contributed by atoms with Gasteiger partial charge in [-0.3, -0.25) is 4.79 Å². The second kappa shape index (κ2) is 8.16. The molecule has 3 aromatic heterocycles. The zero-order valence-corrected chi connectivity index (χ0v) is 16.8. The molecule has 1 aromatic carbocycles. The van der Waals surface area contributed by atoms with E-state index in [0.29, 0.717) is 17.2 Å². The Hall–Kier alpha value is -3.00. The predicted molar refractivity (Wildman–Crippen MR) is 112 cm³/mol. The maximum atomic E-state index is 12.7. The van der Waals surface area contributed by atoms with Crippen LogP contribution in [0, 0.1) is 6.92 Å². The molecule has 29 heavy (non-hydrogen) atoms. The van der Waals surface area contributed by atoms with Crippen molar-refractivity contribution in [3.05, 3.63) is 82.3 Å². The van der Waals surface area contributed by atoms with Gasteiger partial charge in [0.25, 0.3) is 5.91 Å². The quantitative estimate of drug-likeness (QED) is 0.484. The summed E-state index contributed by atoms with van der Waals surface area (Å²) in [6, 6.07) is 14.5. The normalized spacial score (nSPS) is 12.2. The van der Waals surface area contributed by atoms with Crippen molar-refractivity contribution in [2.45, 2.75) is 19.6 Å².